The Morgan fingerprint density at radius 3 is 2.60 bits per heavy atom. The Kier molecular flexibility index (Phi) is 11.7. The molecule has 0 spiro atoms. The zero-order chi connectivity index (χ0) is 20.3. The Balaban J connectivity index is 0.00000320. The Hall–Kier alpha value is -1.16. The summed E-state index contributed by atoms with van der Waals surface area (Å²) in [5.41, 5.74) is 0.963. The van der Waals surface area contributed by atoms with Gasteiger partial charge in [-0.3, -0.25) is 9.89 Å². The maximum Gasteiger partial charge on any atom is 0.191 e. The highest BCUT2D eigenvalue weighted by molar-refractivity contribution is 14.0. The summed E-state index contributed by atoms with van der Waals surface area (Å²) < 4.78 is 0. The Labute approximate surface area is 202 Å². The van der Waals surface area contributed by atoms with Crippen LogP contribution in [0.15, 0.2) is 52.8 Å². The number of thiophene rings is 1. The fourth-order valence-electron chi connectivity index (χ4n) is 3.68. The number of likely N-dealkylation sites (tertiary alicyclic amines) is 1. The summed E-state index contributed by atoms with van der Waals surface area (Å²) in [4.78, 5) is 8.82. The van der Waals surface area contributed by atoms with Crippen molar-refractivity contribution in [2.45, 2.75) is 38.8 Å². The molecule has 1 unspecified atom stereocenters. The van der Waals surface area contributed by atoms with Crippen molar-refractivity contribution in [3.63, 3.8) is 0 Å². The van der Waals surface area contributed by atoms with E-state index < -0.39 is 6.10 Å². The SMILES string of the molecule is CCNC(=NCC1CCN(Cc2cccs2)CC1)NCCC(O)c1ccccc1.I. The molecule has 0 amide bonds. The molecule has 7 heteroatoms. The molecule has 1 atom stereocenters. The molecule has 0 aliphatic carbocycles. The van der Waals surface area contributed by atoms with E-state index in [0.717, 1.165) is 44.2 Å². The number of nitrogens with zero attached hydrogens (tertiary/aromatic N) is 2. The van der Waals surface area contributed by atoms with E-state index in [1.807, 2.05) is 41.7 Å². The molecule has 2 heterocycles. The van der Waals surface area contributed by atoms with Crippen LogP contribution in [0.3, 0.4) is 0 Å². The number of aliphatic imine (C=N–C) groups is 1. The van der Waals surface area contributed by atoms with Crippen molar-refractivity contribution in [2.75, 3.05) is 32.7 Å². The maximum atomic E-state index is 10.3. The lowest BCUT2D eigenvalue weighted by atomic mass is 9.97. The van der Waals surface area contributed by atoms with Gasteiger partial charge >= 0.3 is 0 Å². The van der Waals surface area contributed by atoms with Gasteiger partial charge in [-0.2, -0.15) is 0 Å². The number of piperidine rings is 1. The quantitative estimate of drug-likeness (QED) is 0.252. The minimum atomic E-state index is -0.445. The van der Waals surface area contributed by atoms with Gasteiger partial charge in [0.25, 0.3) is 0 Å². The molecule has 3 rings (SSSR count). The van der Waals surface area contributed by atoms with E-state index in [1.165, 1.54) is 17.7 Å². The number of hydrogen-bond donors (Lipinski definition) is 3. The van der Waals surface area contributed by atoms with Gasteiger partial charge in [-0.15, -0.1) is 35.3 Å². The number of nitrogens with one attached hydrogen (secondary N) is 2. The smallest absolute Gasteiger partial charge is 0.191 e. The van der Waals surface area contributed by atoms with Gasteiger partial charge in [0.15, 0.2) is 5.96 Å². The molecule has 0 radical (unpaired) electrons. The van der Waals surface area contributed by atoms with Crippen LogP contribution < -0.4 is 10.6 Å². The summed E-state index contributed by atoms with van der Waals surface area (Å²) in [5, 5.41) is 19.2. The second-order valence-corrected chi connectivity index (χ2v) is 8.69. The minimum absolute atomic E-state index is 0. The molecule has 1 aromatic carbocycles. The summed E-state index contributed by atoms with van der Waals surface area (Å²) in [6.07, 6.45) is 2.64. The molecule has 5 nitrogen and oxygen atoms in total. The summed E-state index contributed by atoms with van der Waals surface area (Å²) >= 11 is 1.85. The van der Waals surface area contributed by atoms with Crippen LogP contribution in [-0.2, 0) is 6.54 Å². The molecule has 0 saturated carbocycles. The van der Waals surface area contributed by atoms with Crippen molar-refractivity contribution in [1.29, 1.82) is 0 Å². The number of aliphatic hydroxyl groups excluding tert-OH is 1. The van der Waals surface area contributed by atoms with Crippen LogP contribution in [0, 0.1) is 5.92 Å². The van der Waals surface area contributed by atoms with Crippen LogP contribution in [0.5, 0.6) is 0 Å². The van der Waals surface area contributed by atoms with Crippen LogP contribution >= 0.6 is 35.3 Å². The molecule has 166 valence electrons. The molecule has 1 fully saturated rings. The molecule has 0 bridgehead atoms. The van der Waals surface area contributed by atoms with Gasteiger partial charge in [0.05, 0.1) is 6.10 Å². The van der Waals surface area contributed by atoms with Gasteiger partial charge in [0.2, 0.25) is 0 Å². The van der Waals surface area contributed by atoms with Gasteiger partial charge in [0, 0.05) is 31.1 Å². The molecule has 1 aromatic heterocycles. The van der Waals surface area contributed by atoms with Crippen molar-refractivity contribution < 1.29 is 5.11 Å². The van der Waals surface area contributed by atoms with Crippen LogP contribution in [0.25, 0.3) is 0 Å². The van der Waals surface area contributed by atoms with E-state index in [-0.39, 0.29) is 24.0 Å². The second kappa shape index (κ2) is 14.0. The van der Waals surface area contributed by atoms with E-state index in [2.05, 4.69) is 40.0 Å². The van der Waals surface area contributed by atoms with Crippen LogP contribution in [-0.4, -0.2) is 48.7 Å². The summed E-state index contributed by atoms with van der Waals surface area (Å²) in [6.45, 7) is 7.88. The van der Waals surface area contributed by atoms with E-state index in [9.17, 15) is 5.11 Å². The third-order valence-corrected chi connectivity index (χ3v) is 6.27. The molecule has 30 heavy (non-hydrogen) atoms. The average molecular weight is 543 g/mol. The zero-order valence-corrected chi connectivity index (χ0v) is 20.9. The Morgan fingerprint density at radius 2 is 1.93 bits per heavy atom. The summed E-state index contributed by atoms with van der Waals surface area (Å²) in [6, 6.07) is 14.2. The van der Waals surface area contributed by atoms with Gasteiger partial charge in [-0.1, -0.05) is 36.4 Å². The zero-order valence-electron chi connectivity index (χ0n) is 17.8. The number of rotatable bonds is 9. The highest BCUT2D eigenvalue weighted by Crippen LogP contribution is 2.21. The fourth-order valence-corrected chi connectivity index (χ4v) is 4.43. The second-order valence-electron chi connectivity index (χ2n) is 7.66. The highest BCUT2D eigenvalue weighted by Gasteiger charge is 2.19. The van der Waals surface area contributed by atoms with E-state index in [0.29, 0.717) is 18.9 Å². The predicted octanol–water partition coefficient (Wildman–Crippen LogP) is 4.26. The van der Waals surface area contributed by atoms with Crippen LogP contribution in [0.2, 0.25) is 0 Å². The number of hydrogen-bond acceptors (Lipinski definition) is 4. The average Bonchev–Trinajstić information content (AvgIpc) is 3.26. The van der Waals surface area contributed by atoms with Gasteiger partial charge in [-0.05, 0) is 62.2 Å². The van der Waals surface area contributed by atoms with Crippen LogP contribution in [0.4, 0.5) is 0 Å². The van der Waals surface area contributed by atoms with Gasteiger partial charge in [-0.25, -0.2) is 0 Å². The third kappa shape index (κ3) is 8.53. The predicted molar refractivity (Wildman–Crippen MR) is 138 cm³/mol. The van der Waals surface area contributed by atoms with Crippen molar-refractivity contribution in [3.05, 3.63) is 58.3 Å². The maximum absolute atomic E-state index is 10.3. The van der Waals surface area contributed by atoms with Crippen molar-refractivity contribution in [3.8, 4) is 0 Å². The number of halogens is 1. The molecule has 1 saturated heterocycles. The standard InChI is InChI=1S/C23H34N4OS.HI/c1-2-24-23(25-13-10-22(28)20-7-4-3-5-8-20)26-17-19-11-14-27(15-12-19)18-21-9-6-16-29-21;/h3-9,16,19,22,28H,2,10-15,17-18H2,1H3,(H2,24,25,26);1H. The van der Waals surface area contributed by atoms with Crippen molar-refractivity contribution in [2.24, 2.45) is 10.9 Å². The first-order chi connectivity index (χ1) is 14.2. The normalized spacial score (nSPS) is 16.7. The number of benzene rings is 1. The highest BCUT2D eigenvalue weighted by atomic mass is 127. The molecule has 2 aromatic rings. The largest absolute Gasteiger partial charge is 0.388 e. The van der Waals surface area contributed by atoms with Gasteiger partial charge in [0.1, 0.15) is 0 Å². The van der Waals surface area contributed by atoms with E-state index in [4.69, 9.17) is 4.99 Å². The molecule has 1 aliphatic rings. The first-order valence-corrected chi connectivity index (χ1v) is 11.6. The summed E-state index contributed by atoms with van der Waals surface area (Å²) in [7, 11) is 0. The van der Waals surface area contributed by atoms with Crippen LogP contribution in [0.1, 0.15) is 42.7 Å². The fraction of sp³-hybridized carbons (Fsp3) is 0.522. The Bertz CT molecular complexity index is 718. The monoisotopic (exact) mass is 542 g/mol. The third-order valence-electron chi connectivity index (χ3n) is 5.41. The molecular weight excluding hydrogens is 507 g/mol. The first-order valence-electron chi connectivity index (χ1n) is 10.7. The first kappa shape index (κ1) is 25.1. The minimum Gasteiger partial charge on any atom is -0.388 e. The number of guanidine groups is 1. The number of aliphatic hydroxyl groups is 1. The lowest BCUT2D eigenvalue weighted by Gasteiger charge is -2.31. The van der Waals surface area contributed by atoms with Crippen molar-refractivity contribution >= 4 is 41.3 Å². The molecular formula is C23H35IN4OS. The lowest BCUT2D eigenvalue weighted by Crippen LogP contribution is -2.39. The molecule has 3 N–H and O–H groups in total. The molecule has 1 aliphatic heterocycles. The van der Waals surface area contributed by atoms with Gasteiger partial charge < -0.3 is 15.7 Å². The van der Waals surface area contributed by atoms with E-state index >= 15 is 0 Å². The lowest BCUT2D eigenvalue weighted by molar-refractivity contribution is 0.168. The topological polar surface area (TPSA) is 59.9 Å². The van der Waals surface area contributed by atoms with Crippen molar-refractivity contribution in [1.82, 2.24) is 15.5 Å². The Morgan fingerprint density at radius 1 is 1.17 bits per heavy atom. The van der Waals surface area contributed by atoms with E-state index in [1.54, 1.807) is 0 Å². The summed E-state index contributed by atoms with van der Waals surface area (Å²) in [5.74, 6) is 1.51.